The van der Waals surface area contributed by atoms with E-state index >= 15 is 0 Å². The first-order chi connectivity index (χ1) is 8.88. The number of carbonyl (C=O) groups excluding carboxylic acids is 1. The van der Waals surface area contributed by atoms with E-state index < -0.39 is 39.3 Å². The molecular weight excluding hydrogens is 282 g/mol. The molecule has 0 atom stereocenters. The summed E-state index contributed by atoms with van der Waals surface area (Å²) < 4.78 is 26.9. The molecule has 0 saturated heterocycles. The van der Waals surface area contributed by atoms with Gasteiger partial charge in [-0.05, 0) is 18.9 Å². The molecule has 0 unspecified atom stereocenters. The molecule has 19 heavy (non-hydrogen) atoms. The Labute approximate surface area is 111 Å². The van der Waals surface area contributed by atoms with Gasteiger partial charge in [-0.1, -0.05) is 0 Å². The fourth-order valence-electron chi connectivity index (χ4n) is 1.62. The predicted octanol–water partition coefficient (Wildman–Crippen LogP) is 2.37. The van der Waals surface area contributed by atoms with Crippen molar-refractivity contribution < 1.29 is 18.5 Å². The lowest BCUT2D eigenvalue weighted by Gasteiger charge is -2.14. The van der Waals surface area contributed by atoms with E-state index in [9.17, 15) is 23.7 Å². The van der Waals surface area contributed by atoms with Gasteiger partial charge in [-0.3, -0.25) is 14.9 Å². The normalized spacial score (nSPS) is 15.9. The van der Waals surface area contributed by atoms with Crippen molar-refractivity contribution in [3.05, 3.63) is 39.4 Å². The summed E-state index contributed by atoms with van der Waals surface area (Å²) in [5, 5.41) is 13.0. The molecular formula is C11H9ClF2N2O3. The van der Waals surface area contributed by atoms with Crippen LogP contribution in [0.1, 0.15) is 23.2 Å². The number of benzene rings is 1. The molecule has 1 aromatic rings. The predicted molar refractivity (Wildman–Crippen MR) is 63.2 cm³/mol. The van der Waals surface area contributed by atoms with Crippen molar-refractivity contribution in [2.24, 2.45) is 0 Å². The smallest absolute Gasteiger partial charge is 0.308 e. The highest BCUT2D eigenvalue weighted by Crippen LogP contribution is 2.37. The summed E-state index contributed by atoms with van der Waals surface area (Å²) in [4.78, 5) is 21.3. The minimum atomic E-state index is -1.35. The van der Waals surface area contributed by atoms with Gasteiger partial charge in [0.25, 0.3) is 5.91 Å². The molecule has 102 valence electrons. The number of rotatable bonds is 4. The molecule has 5 nitrogen and oxygen atoms in total. The van der Waals surface area contributed by atoms with E-state index in [4.69, 9.17) is 11.6 Å². The lowest BCUT2D eigenvalue weighted by atomic mass is 10.1. The van der Waals surface area contributed by atoms with E-state index in [0.29, 0.717) is 25.0 Å². The molecule has 0 aromatic heterocycles. The van der Waals surface area contributed by atoms with Crippen molar-refractivity contribution >= 4 is 23.2 Å². The Morgan fingerprint density at radius 1 is 1.47 bits per heavy atom. The Morgan fingerprint density at radius 3 is 2.58 bits per heavy atom. The van der Waals surface area contributed by atoms with Crippen molar-refractivity contribution in [2.45, 2.75) is 18.4 Å². The van der Waals surface area contributed by atoms with Crippen LogP contribution in [0.25, 0.3) is 0 Å². The average Bonchev–Trinajstić information content (AvgIpc) is 3.11. The van der Waals surface area contributed by atoms with Crippen molar-refractivity contribution in [1.82, 2.24) is 5.32 Å². The summed E-state index contributed by atoms with van der Waals surface area (Å²) in [5.74, 6) is -3.15. The van der Waals surface area contributed by atoms with E-state index in [1.54, 1.807) is 0 Å². The standard InChI is InChI=1S/C11H9ClF2N2O3/c12-5-11(1-2-11)15-10(17)7-3-6(13)4-8(9(7)14)16(18)19/h3-4H,1-2,5H2,(H,15,17). The maximum Gasteiger partial charge on any atom is 0.308 e. The summed E-state index contributed by atoms with van der Waals surface area (Å²) in [6.45, 7) is 0. The number of alkyl halides is 1. The first-order valence-electron chi connectivity index (χ1n) is 5.40. The highest BCUT2D eigenvalue weighted by atomic mass is 35.5. The Balaban J connectivity index is 2.34. The van der Waals surface area contributed by atoms with Gasteiger partial charge >= 0.3 is 5.69 Å². The number of nitrogens with zero attached hydrogens (tertiary/aromatic N) is 1. The van der Waals surface area contributed by atoms with Crippen LogP contribution in [0.2, 0.25) is 0 Å². The molecule has 1 fully saturated rings. The maximum atomic E-state index is 13.8. The van der Waals surface area contributed by atoms with Gasteiger partial charge in [0, 0.05) is 5.88 Å². The maximum absolute atomic E-state index is 13.8. The average molecular weight is 291 g/mol. The van der Waals surface area contributed by atoms with E-state index in [-0.39, 0.29) is 5.88 Å². The van der Waals surface area contributed by atoms with E-state index in [1.165, 1.54) is 0 Å². The summed E-state index contributed by atoms with van der Waals surface area (Å²) in [5.41, 5.74) is -2.37. The fraction of sp³-hybridized carbons (Fsp3) is 0.364. The van der Waals surface area contributed by atoms with Crippen molar-refractivity contribution in [3.8, 4) is 0 Å². The first kappa shape index (κ1) is 13.7. The van der Waals surface area contributed by atoms with Crippen LogP contribution >= 0.6 is 11.6 Å². The molecule has 2 rings (SSSR count). The van der Waals surface area contributed by atoms with Gasteiger partial charge in [0.05, 0.1) is 22.1 Å². The van der Waals surface area contributed by atoms with Crippen LogP contribution in [0.5, 0.6) is 0 Å². The number of nitrogens with one attached hydrogen (secondary N) is 1. The third-order valence-corrected chi connectivity index (χ3v) is 3.46. The molecule has 0 radical (unpaired) electrons. The van der Waals surface area contributed by atoms with Gasteiger partial charge in [-0.25, -0.2) is 4.39 Å². The Hall–Kier alpha value is -1.76. The number of carbonyl (C=O) groups is 1. The number of amides is 1. The van der Waals surface area contributed by atoms with E-state index in [0.717, 1.165) is 0 Å². The molecule has 1 amide bonds. The van der Waals surface area contributed by atoms with Crippen LogP contribution in [0.15, 0.2) is 12.1 Å². The minimum Gasteiger partial charge on any atom is -0.345 e. The number of hydrogen-bond acceptors (Lipinski definition) is 3. The molecule has 0 spiro atoms. The van der Waals surface area contributed by atoms with Gasteiger partial charge < -0.3 is 5.32 Å². The quantitative estimate of drug-likeness (QED) is 0.526. The van der Waals surface area contributed by atoms with Crippen LogP contribution in [-0.2, 0) is 0 Å². The second-order valence-corrected chi connectivity index (χ2v) is 4.68. The minimum absolute atomic E-state index is 0.151. The van der Waals surface area contributed by atoms with Gasteiger partial charge in [-0.2, -0.15) is 4.39 Å². The van der Waals surface area contributed by atoms with Crippen molar-refractivity contribution in [2.75, 3.05) is 5.88 Å². The van der Waals surface area contributed by atoms with Crippen LogP contribution in [0.4, 0.5) is 14.5 Å². The summed E-state index contributed by atoms with van der Waals surface area (Å²) in [6, 6.07) is 1.06. The Morgan fingerprint density at radius 2 is 2.11 bits per heavy atom. The first-order valence-corrected chi connectivity index (χ1v) is 5.94. The van der Waals surface area contributed by atoms with Gasteiger partial charge in [0.15, 0.2) is 0 Å². The van der Waals surface area contributed by atoms with E-state index in [2.05, 4.69) is 5.32 Å². The number of halogens is 3. The third-order valence-electron chi connectivity index (χ3n) is 2.95. The molecule has 1 aliphatic rings. The van der Waals surface area contributed by atoms with Crippen molar-refractivity contribution in [1.29, 1.82) is 0 Å². The molecule has 1 aromatic carbocycles. The van der Waals surface area contributed by atoms with Crippen molar-refractivity contribution in [3.63, 3.8) is 0 Å². The van der Waals surface area contributed by atoms with Crippen LogP contribution in [0, 0.1) is 21.7 Å². The molecule has 1 saturated carbocycles. The fourth-order valence-corrected chi connectivity index (χ4v) is 1.96. The van der Waals surface area contributed by atoms with Crippen LogP contribution in [0.3, 0.4) is 0 Å². The lowest BCUT2D eigenvalue weighted by molar-refractivity contribution is -0.387. The highest BCUT2D eigenvalue weighted by Gasteiger charge is 2.44. The van der Waals surface area contributed by atoms with Gasteiger partial charge in [-0.15, -0.1) is 11.6 Å². The monoisotopic (exact) mass is 290 g/mol. The molecule has 0 heterocycles. The second kappa shape index (κ2) is 4.73. The largest absolute Gasteiger partial charge is 0.345 e. The zero-order valence-electron chi connectivity index (χ0n) is 9.58. The Bertz CT molecular complexity index is 561. The number of hydrogen-bond donors (Lipinski definition) is 1. The number of nitro benzene ring substituents is 1. The summed E-state index contributed by atoms with van der Waals surface area (Å²) >= 11 is 5.65. The Kier molecular flexibility index (Phi) is 3.40. The SMILES string of the molecule is O=C(NC1(CCl)CC1)c1cc(F)cc([N+](=O)[O-])c1F. The zero-order valence-corrected chi connectivity index (χ0v) is 10.3. The third kappa shape index (κ3) is 2.65. The molecule has 1 N–H and O–H groups in total. The zero-order chi connectivity index (χ0) is 14.2. The van der Waals surface area contributed by atoms with Gasteiger partial charge in [0.2, 0.25) is 5.82 Å². The molecule has 0 aliphatic heterocycles. The highest BCUT2D eigenvalue weighted by molar-refractivity contribution is 6.19. The number of nitro groups is 1. The molecule has 8 heteroatoms. The van der Waals surface area contributed by atoms with E-state index in [1.807, 2.05) is 0 Å². The molecule has 0 bridgehead atoms. The lowest BCUT2D eigenvalue weighted by Crippen LogP contribution is -2.38. The van der Waals surface area contributed by atoms with Crippen LogP contribution in [-0.4, -0.2) is 22.2 Å². The van der Waals surface area contributed by atoms with Gasteiger partial charge in [0.1, 0.15) is 5.82 Å². The topological polar surface area (TPSA) is 72.2 Å². The second-order valence-electron chi connectivity index (χ2n) is 4.41. The van der Waals surface area contributed by atoms with Crippen LogP contribution < -0.4 is 5.32 Å². The summed E-state index contributed by atoms with van der Waals surface area (Å²) in [7, 11) is 0. The summed E-state index contributed by atoms with van der Waals surface area (Å²) in [6.07, 6.45) is 1.28. The molecule has 1 aliphatic carbocycles.